The predicted molar refractivity (Wildman–Crippen MR) is 90.5 cm³/mol. The van der Waals surface area contributed by atoms with E-state index in [-0.39, 0.29) is 11.7 Å². The maximum Gasteiger partial charge on any atom is 0.252 e. The van der Waals surface area contributed by atoms with Crippen molar-refractivity contribution in [2.24, 2.45) is 5.92 Å². The molecule has 120 valence electrons. The van der Waals surface area contributed by atoms with Crippen molar-refractivity contribution in [3.05, 3.63) is 64.9 Å². The molecule has 5 heteroatoms. The third-order valence-corrected chi connectivity index (χ3v) is 4.48. The molecule has 1 atom stereocenters. The number of amides is 1. The number of anilines is 1. The van der Waals surface area contributed by atoms with E-state index in [1.807, 2.05) is 0 Å². The molecule has 1 saturated heterocycles. The van der Waals surface area contributed by atoms with Gasteiger partial charge in [0, 0.05) is 25.3 Å². The average Bonchev–Trinajstić information content (AvgIpc) is 3.03. The molecular formula is C18H18ClFN2O. The van der Waals surface area contributed by atoms with E-state index >= 15 is 0 Å². The molecule has 3 rings (SSSR count). The first-order valence-corrected chi connectivity index (χ1v) is 8.04. The van der Waals surface area contributed by atoms with E-state index in [4.69, 9.17) is 11.6 Å². The molecule has 1 amide bonds. The summed E-state index contributed by atoms with van der Waals surface area (Å²) in [5, 5.41) is 3.42. The van der Waals surface area contributed by atoms with Crippen molar-refractivity contribution in [1.82, 2.24) is 5.32 Å². The van der Waals surface area contributed by atoms with Gasteiger partial charge in [0.25, 0.3) is 5.91 Å². The van der Waals surface area contributed by atoms with Gasteiger partial charge in [-0.05, 0) is 48.7 Å². The van der Waals surface area contributed by atoms with Crippen LogP contribution in [0.1, 0.15) is 16.8 Å². The Labute approximate surface area is 140 Å². The highest BCUT2D eigenvalue weighted by molar-refractivity contribution is 6.33. The Morgan fingerprint density at radius 3 is 2.70 bits per heavy atom. The average molecular weight is 333 g/mol. The zero-order valence-corrected chi connectivity index (χ0v) is 13.4. The second kappa shape index (κ2) is 7.01. The molecule has 2 aromatic rings. The van der Waals surface area contributed by atoms with Crippen LogP contribution in [0.25, 0.3) is 0 Å². The van der Waals surface area contributed by atoms with Crippen LogP contribution in [0, 0.1) is 11.7 Å². The van der Waals surface area contributed by atoms with E-state index < -0.39 is 0 Å². The topological polar surface area (TPSA) is 32.3 Å². The molecule has 3 nitrogen and oxygen atoms in total. The molecule has 1 aliphatic heterocycles. The summed E-state index contributed by atoms with van der Waals surface area (Å²) in [6, 6.07) is 13.6. The summed E-state index contributed by atoms with van der Waals surface area (Å²) in [7, 11) is 0. The summed E-state index contributed by atoms with van der Waals surface area (Å²) >= 11 is 6.03. The van der Waals surface area contributed by atoms with E-state index in [2.05, 4.69) is 10.2 Å². The van der Waals surface area contributed by atoms with Gasteiger partial charge in [-0.2, -0.15) is 0 Å². The number of nitrogens with zero attached hydrogens (tertiary/aromatic N) is 1. The summed E-state index contributed by atoms with van der Waals surface area (Å²) < 4.78 is 13.0. The van der Waals surface area contributed by atoms with Crippen LogP contribution in [-0.2, 0) is 0 Å². The zero-order valence-electron chi connectivity index (χ0n) is 12.6. The van der Waals surface area contributed by atoms with Crippen LogP contribution >= 0.6 is 11.6 Å². The molecule has 1 unspecified atom stereocenters. The van der Waals surface area contributed by atoms with Gasteiger partial charge in [-0.3, -0.25) is 4.79 Å². The van der Waals surface area contributed by atoms with Crippen LogP contribution in [-0.4, -0.2) is 25.5 Å². The van der Waals surface area contributed by atoms with Crippen molar-refractivity contribution < 1.29 is 9.18 Å². The molecule has 1 N–H and O–H groups in total. The van der Waals surface area contributed by atoms with Crippen molar-refractivity contribution in [2.75, 3.05) is 24.5 Å². The summed E-state index contributed by atoms with van der Waals surface area (Å²) in [6.45, 7) is 2.38. The van der Waals surface area contributed by atoms with Gasteiger partial charge in [0.1, 0.15) is 5.82 Å². The summed E-state index contributed by atoms with van der Waals surface area (Å²) in [6.07, 6.45) is 1.00. The quantitative estimate of drug-likeness (QED) is 0.925. The van der Waals surface area contributed by atoms with Crippen molar-refractivity contribution in [3.63, 3.8) is 0 Å². The van der Waals surface area contributed by atoms with E-state index in [0.29, 0.717) is 23.0 Å². The number of benzene rings is 2. The number of carbonyl (C=O) groups excluding carboxylic acids is 1. The van der Waals surface area contributed by atoms with Gasteiger partial charge < -0.3 is 10.2 Å². The maximum atomic E-state index is 13.0. The molecule has 23 heavy (non-hydrogen) atoms. The van der Waals surface area contributed by atoms with E-state index in [9.17, 15) is 9.18 Å². The van der Waals surface area contributed by atoms with Crippen LogP contribution < -0.4 is 10.2 Å². The van der Waals surface area contributed by atoms with Gasteiger partial charge in [-0.15, -0.1) is 0 Å². The molecule has 0 radical (unpaired) electrons. The van der Waals surface area contributed by atoms with Gasteiger partial charge >= 0.3 is 0 Å². The summed E-state index contributed by atoms with van der Waals surface area (Å²) in [4.78, 5) is 14.4. The van der Waals surface area contributed by atoms with E-state index in [0.717, 1.165) is 25.2 Å². The Hall–Kier alpha value is -2.07. The lowest BCUT2D eigenvalue weighted by atomic mass is 10.1. The van der Waals surface area contributed by atoms with Crippen LogP contribution in [0.3, 0.4) is 0 Å². The number of hydrogen-bond acceptors (Lipinski definition) is 2. The fourth-order valence-corrected chi connectivity index (χ4v) is 3.08. The Morgan fingerprint density at radius 2 is 1.96 bits per heavy atom. The minimum atomic E-state index is -0.225. The van der Waals surface area contributed by atoms with Gasteiger partial charge in [-0.25, -0.2) is 4.39 Å². The molecule has 1 aliphatic rings. The highest BCUT2D eigenvalue weighted by Crippen LogP contribution is 2.24. The zero-order chi connectivity index (χ0) is 16.2. The van der Waals surface area contributed by atoms with Crippen LogP contribution in [0.5, 0.6) is 0 Å². The molecule has 0 aromatic heterocycles. The molecule has 0 aliphatic carbocycles. The first kappa shape index (κ1) is 15.8. The Bertz CT molecular complexity index is 690. The largest absolute Gasteiger partial charge is 0.371 e. The lowest BCUT2D eigenvalue weighted by Crippen LogP contribution is -2.31. The third-order valence-electron chi connectivity index (χ3n) is 4.15. The minimum absolute atomic E-state index is 0.143. The van der Waals surface area contributed by atoms with Crippen LogP contribution in [0.4, 0.5) is 10.1 Å². The first-order chi connectivity index (χ1) is 11.1. The molecule has 0 saturated carbocycles. The lowest BCUT2D eigenvalue weighted by molar-refractivity contribution is 0.0948. The number of rotatable bonds is 4. The van der Waals surface area contributed by atoms with Crippen molar-refractivity contribution in [3.8, 4) is 0 Å². The molecular weight excluding hydrogens is 315 g/mol. The fourth-order valence-electron chi connectivity index (χ4n) is 2.86. The second-order valence-corrected chi connectivity index (χ2v) is 6.17. The lowest BCUT2D eigenvalue weighted by Gasteiger charge is -2.19. The second-order valence-electron chi connectivity index (χ2n) is 5.77. The SMILES string of the molecule is O=C(NCC1CCN(c2ccc(F)cc2)C1)c1ccccc1Cl. The number of nitrogens with one attached hydrogen (secondary N) is 1. The normalized spacial score (nSPS) is 17.3. The van der Waals surface area contributed by atoms with Gasteiger partial charge in [0.15, 0.2) is 0 Å². The highest BCUT2D eigenvalue weighted by Gasteiger charge is 2.23. The van der Waals surface area contributed by atoms with E-state index in [1.54, 1.807) is 36.4 Å². The van der Waals surface area contributed by atoms with Crippen LogP contribution in [0.2, 0.25) is 5.02 Å². The fraction of sp³-hybridized carbons (Fsp3) is 0.278. The molecule has 0 spiro atoms. The van der Waals surface area contributed by atoms with Gasteiger partial charge in [0.05, 0.1) is 10.6 Å². The maximum absolute atomic E-state index is 13.0. The number of carbonyl (C=O) groups is 1. The number of hydrogen-bond donors (Lipinski definition) is 1. The summed E-state index contributed by atoms with van der Waals surface area (Å²) in [5.74, 6) is 0.0128. The Morgan fingerprint density at radius 1 is 1.22 bits per heavy atom. The molecule has 0 bridgehead atoms. The first-order valence-electron chi connectivity index (χ1n) is 7.67. The molecule has 2 aromatic carbocycles. The Balaban J connectivity index is 1.53. The minimum Gasteiger partial charge on any atom is -0.371 e. The van der Waals surface area contributed by atoms with Gasteiger partial charge in [0.2, 0.25) is 0 Å². The smallest absolute Gasteiger partial charge is 0.252 e. The molecule has 1 fully saturated rings. The van der Waals surface area contributed by atoms with Crippen molar-refractivity contribution in [2.45, 2.75) is 6.42 Å². The van der Waals surface area contributed by atoms with Gasteiger partial charge in [-0.1, -0.05) is 23.7 Å². The van der Waals surface area contributed by atoms with Crippen molar-refractivity contribution in [1.29, 1.82) is 0 Å². The standard InChI is InChI=1S/C18H18ClFN2O/c19-17-4-2-1-3-16(17)18(23)21-11-13-9-10-22(12-13)15-7-5-14(20)6-8-15/h1-8,13H,9-12H2,(H,21,23). The van der Waals surface area contributed by atoms with Crippen molar-refractivity contribution >= 4 is 23.2 Å². The number of halogens is 2. The monoisotopic (exact) mass is 332 g/mol. The Kier molecular flexibility index (Phi) is 4.82. The highest BCUT2D eigenvalue weighted by atomic mass is 35.5. The predicted octanol–water partition coefficient (Wildman–Crippen LogP) is 3.74. The van der Waals surface area contributed by atoms with E-state index in [1.165, 1.54) is 12.1 Å². The third kappa shape index (κ3) is 3.82. The van der Waals surface area contributed by atoms with Crippen LogP contribution in [0.15, 0.2) is 48.5 Å². The summed E-state index contributed by atoms with van der Waals surface area (Å²) in [5.41, 5.74) is 1.52. The molecule has 1 heterocycles.